The third kappa shape index (κ3) is 1.35. The predicted octanol–water partition coefficient (Wildman–Crippen LogP) is 1.50. The summed E-state index contributed by atoms with van der Waals surface area (Å²) in [7, 11) is 1.63. The number of thiophene rings is 1. The minimum absolute atomic E-state index is 0.125. The lowest BCUT2D eigenvalue weighted by Gasteiger charge is -1.98. The van der Waals surface area contributed by atoms with Crippen molar-refractivity contribution in [3.05, 3.63) is 22.4 Å². The summed E-state index contributed by atoms with van der Waals surface area (Å²) in [6.07, 6.45) is -0.125. The summed E-state index contributed by atoms with van der Waals surface area (Å²) in [5.41, 5.74) is 1.04. The SMILES string of the molecule is COC1COC(c2ccsc2)=N1. The van der Waals surface area contributed by atoms with Crippen molar-refractivity contribution in [3.8, 4) is 0 Å². The summed E-state index contributed by atoms with van der Waals surface area (Å²) in [4.78, 5) is 4.23. The molecule has 0 saturated heterocycles. The Labute approximate surface area is 74.6 Å². The summed E-state index contributed by atoms with van der Waals surface area (Å²) in [6.45, 7) is 0.529. The van der Waals surface area contributed by atoms with Gasteiger partial charge in [-0.05, 0) is 11.4 Å². The molecule has 0 amide bonds. The average molecular weight is 183 g/mol. The zero-order chi connectivity index (χ0) is 8.39. The van der Waals surface area contributed by atoms with Gasteiger partial charge in [0.25, 0.3) is 0 Å². The van der Waals surface area contributed by atoms with E-state index in [1.807, 2.05) is 16.8 Å². The molecule has 2 heterocycles. The van der Waals surface area contributed by atoms with Crippen LogP contribution in [0, 0.1) is 0 Å². The lowest BCUT2D eigenvalue weighted by Crippen LogP contribution is -2.07. The maximum atomic E-state index is 5.33. The van der Waals surface area contributed by atoms with Gasteiger partial charge < -0.3 is 9.47 Å². The van der Waals surface area contributed by atoms with E-state index in [2.05, 4.69) is 4.99 Å². The Bertz CT molecular complexity index is 281. The monoisotopic (exact) mass is 183 g/mol. The molecule has 0 bridgehead atoms. The second-order valence-electron chi connectivity index (χ2n) is 2.45. The molecule has 12 heavy (non-hydrogen) atoms. The van der Waals surface area contributed by atoms with Crippen LogP contribution in [0.1, 0.15) is 5.56 Å². The molecule has 0 saturated carbocycles. The number of hydrogen-bond donors (Lipinski definition) is 0. The molecule has 3 nitrogen and oxygen atoms in total. The van der Waals surface area contributed by atoms with Crippen LogP contribution in [-0.2, 0) is 9.47 Å². The van der Waals surface area contributed by atoms with Crippen molar-refractivity contribution in [1.29, 1.82) is 0 Å². The van der Waals surface area contributed by atoms with Crippen LogP contribution < -0.4 is 0 Å². The average Bonchev–Trinajstić information content (AvgIpc) is 2.75. The van der Waals surface area contributed by atoms with Crippen LogP contribution in [0.5, 0.6) is 0 Å². The van der Waals surface area contributed by atoms with Crippen molar-refractivity contribution in [2.24, 2.45) is 4.99 Å². The molecular weight excluding hydrogens is 174 g/mol. The van der Waals surface area contributed by atoms with Crippen LogP contribution in [0.25, 0.3) is 0 Å². The van der Waals surface area contributed by atoms with Crippen molar-refractivity contribution in [2.45, 2.75) is 6.23 Å². The molecule has 0 fully saturated rings. The fraction of sp³-hybridized carbons (Fsp3) is 0.375. The van der Waals surface area contributed by atoms with Gasteiger partial charge in [0.2, 0.25) is 5.90 Å². The zero-order valence-corrected chi connectivity index (χ0v) is 7.50. The molecule has 1 atom stereocenters. The summed E-state index contributed by atoms with van der Waals surface area (Å²) in [6, 6.07) is 1.99. The molecule has 0 spiro atoms. The largest absolute Gasteiger partial charge is 0.473 e. The van der Waals surface area contributed by atoms with E-state index in [0.717, 1.165) is 5.56 Å². The van der Waals surface area contributed by atoms with Crippen LogP contribution in [0.4, 0.5) is 0 Å². The molecule has 0 N–H and O–H groups in total. The fourth-order valence-electron chi connectivity index (χ4n) is 1.02. The highest BCUT2D eigenvalue weighted by atomic mass is 32.1. The Hall–Kier alpha value is -0.870. The van der Waals surface area contributed by atoms with Crippen LogP contribution in [0.3, 0.4) is 0 Å². The van der Waals surface area contributed by atoms with Crippen molar-refractivity contribution in [1.82, 2.24) is 0 Å². The molecule has 1 unspecified atom stereocenters. The number of aliphatic imine (C=N–C) groups is 1. The van der Waals surface area contributed by atoms with Gasteiger partial charge in [0, 0.05) is 18.1 Å². The van der Waals surface area contributed by atoms with E-state index in [9.17, 15) is 0 Å². The molecule has 0 radical (unpaired) electrons. The molecule has 64 valence electrons. The van der Waals surface area contributed by atoms with Gasteiger partial charge in [-0.25, -0.2) is 4.99 Å². The summed E-state index contributed by atoms with van der Waals surface area (Å²) in [5, 5.41) is 4.01. The van der Waals surface area contributed by atoms with Crippen molar-refractivity contribution in [3.63, 3.8) is 0 Å². The molecule has 4 heteroatoms. The lowest BCUT2D eigenvalue weighted by molar-refractivity contribution is 0.0834. The van der Waals surface area contributed by atoms with Gasteiger partial charge in [-0.15, -0.1) is 0 Å². The first-order valence-corrected chi connectivity index (χ1v) is 4.60. The summed E-state index contributed by atoms with van der Waals surface area (Å²) in [5.74, 6) is 0.697. The Morgan fingerprint density at radius 1 is 1.75 bits per heavy atom. The second-order valence-corrected chi connectivity index (χ2v) is 3.23. The van der Waals surface area contributed by atoms with Gasteiger partial charge in [0.1, 0.15) is 6.61 Å². The maximum Gasteiger partial charge on any atom is 0.219 e. The smallest absolute Gasteiger partial charge is 0.219 e. The first-order chi connectivity index (χ1) is 5.90. The molecule has 2 rings (SSSR count). The topological polar surface area (TPSA) is 30.8 Å². The van der Waals surface area contributed by atoms with Gasteiger partial charge in [-0.1, -0.05) is 0 Å². The quantitative estimate of drug-likeness (QED) is 0.695. The highest BCUT2D eigenvalue weighted by Gasteiger charge is 2.18. The molecule has 1 aliphatic rings. The van der Waals surface area contributed by atoms with E-state index in [1.54, 1.807) is 18.4 Å². The minimum Gasteiger partial charge on any atom is -0.473 e. The van der Waals surface area contributed by atoms with Gasteiger partial charge in [-0.2, -0.15) is 11.3 Å². The van der Waals surface area contributed by atoms with Crippen molar-refractivity contribution >= 4 is 17.2 Å². The number of rotatable bonds is 2. The van der Waals surface area contributed by atoms with Crippen LogP contribution in [0.15, 0.2) is 21.8 Å². The summed E-state index contributed by atoms with van der Waals surface area (Å²) >= 11 is 1.63. The van der Waals surface area contributed by atoms with Gasteiger partial charge >= 0.3 is 0 Å². The fourth-order valence-corrected chi connectivity index (χ4v) is 1.65. The molecule has 0 aromatic carbocycles. The number of hydrogen-bond acceptors (Lipinski definition) is 4. The first kappa shape index (κ1) is 7.76. The Morgan fingerprint density at radius 2 is 2.67 bits per heavy atom. The van der Waals surface area contributed by atoms with Crippen molar-refractivity contribution in [2.75, 3.05) is 13.7 Å². The summed E-state index contributed by atoms with van der Waals surface area (Å²) < 4.78 is 10.4. The molecule has 0 aliphatic carbocycles. The molecule has 1 aliphatic heterocycles. The number of nitrogens with zero attached hydrogens (tertiary/aromatic N) is 1. The van der Waals surface area contributed by atoms with Crippen molar-refractivity contribution < 1.29 is 9.47 Å². The van der Waals surface area contributed by atoms with Crippen LogP contribution in [-0.4, -0.2) is 25.8 Å². The van der Waals surface area contributed by atoms with Gasteiger partial charge in [-0.3, -0.25) is 0 Å². The van der Waals surface area contributed by atoms with E-state index in [-0.39, 0.29) is 6.23 Å². The molecule has 1 aromatic rings. The Kier molecular flexibility index (Phi) is 2.10. The predicted molar refractivity (Wildman–Crippen MR) is 47.6 cm³/mol. The highest BCUT2D eigenvalue weighted by molar-refractivity contribution is 7.08. The van der Waals surface area contributed by atoms with Crippen LogP contribution in [0.2, 0.25) is 0 Å². The third-order valence-corrected chi connectivity index (χ3v) is 2.35. The van der Waals surface area contributed by atoms with Gasteiger partial charge in [0.15, 0.2) is 6.23 Å². The van der Waals surface area contributed by atoms with E-state index in [0.29, 0.717) is 12.5 Å². The van der Waals surface area contributed by atoms with E-state index >= 15 is 0 Å². The first-order valence-electron chi connectivity index (χ1n) is 3.66. The molecule has 1 aromatic heterocycles. The zero-order valence-electron chi connectivity index (χ0n) is 6.69. The molecular formula is C8H9NO2S. The Balaban J connectivity index is 2.16. The second kappa shape index (κ2) is 3.25. The standard InChI is InChI=1S/C8H9NO2S/c1-10-7-4-11-8(9-7)6-2-3-12-5-6/h2-3,5,7H,4H2,1H3. The Morgan fingerprint density at radius 3 is 3.25 bits per heavy atom. The van der Waals surface area contributed by atoms with E-state index in [4.69, 9.17) is 9.47 Å². The third-order valence-electron chi connectivity index (χ3n) is 1.66. The van der Waals surface area contributed by atoms with Gasteiger partial charge in [0.05, 0.1) is 0 Å². The van der Waals surface area contributed by atoms with E-state index < -0.39 is 0 Å². The van der Waals surface area contributed by atoms with Crippen LogP contribution >= 0.6 is 11.3 Å². The minimum atomic E-state index is -0.125. The maximum absolute atomic E-state index is 5.33. The number of methoxy groups -OCH3 is 1. The lowest BCUT2D eigenvalue weighted by atomic mass is 10.3. The van der Waals surface area contributed by atoms with E-state index in [1.165, 1.54) is 0 Å². The normalized spacial score (nSPS) is 22.1. The highest BCUT2D eigenvalue weighted by Crippen LogP contribution is 2.14. The number of ether oxygens (including phenoxy) is 2.